The van der Waals surface area contributed by atoms with Crippen molar-refractivity contribution in [1.82, 2.24) is 0 Å². The molecule has 2 rings (SSSR count). The van der Waals surface area contributed by atoms with Crippen LogP contribution in [0.1, 0.15) is 5.56 Å². The maximum atomic E-state index is 11.4. The van der Waals surface area contributed by atoms with Gasteiger partial charge in [0.2, 0.25) is 0 Å². The summed E-state index contributed by atoms with van der Waals surface area (Å²) >= 11 is 0. The maximum absolute atomic E-state index is 11.4. The molecule has 0 atom stereocenters. The van der Waals surface area contributed by atoms with Crippen molar-refractivity contribution in [3.8, 4) is 17.2 Å². The molecule has 4 nitrogen and oxygen atoms in total. The SMILES string of the molecule is COC(=O)Cc1ccc(OC)cc1Oc1ccccc1. The lowest BCUT2D eigenvalue weighted by Crippen LogP contribution is -2.05. The van der Waals surface area contributed by atoms with Crippen LogP contribution < -0.4 is 9.47 Å². The van der Waals surface area contributed by atoms with Crippen molar-refractivity contribution in [3.05, 3.63) is 54.1 Å². The first-order valence-corrected chi connectivity index (χ1v) is 6.19. The third-order valence-electron chi connectivity index (χ3n) is 2.81. The van der Waals surface area contributed by atoms with Gasteiger partial charge >= 0.3 is 5.97 Å². The second-order valence-electron chi connectivity index (χ2n) is 4.14. The quantitative estimate of drug-likeness (QED) is 0.784. The van der Waals surface area contributed by atoms with Crippen LogP contribution in [0, 0.1) is 0 Å². The first-order valence-electron chi connectivity index (χ1n) is 6.19. The van der Waals surface area contributed by atoms with E-state index in [9.17, 15) is 4.79 Å². The van der Waals surface area contributed by atoms with Gasteiger partial charge in [-0.15, -0.1) is 0 Å². The summed E-state index contributed by atoms with van der Waals surface area (Å²) in [6.45, 7) is 0. The van der Waals surface area contributed by atoms with Crippen LogP contribution in [0.25, 0.3) is 0 Å². The fraction of sp³-hybridized carbons (Fsp3) is 0.188. The van der Waals surface area contributed by atoms with Gasteiger partial charge < -0.3 is 14.2 Å². The molecule has 0 aliphatic carbocycles. The van der Waals surface area contributed by atoms with E-state index in [0.29, 0.717) is 17.2 Å². The minimum Gasteiger partial charge on any atom is -0.497 e. The number of rotatable bonds is 5. The van der Waals surface area contributed by atoms with Crippen LogP contribution in [0.3, 0.4) is 0 Å². The fourth-order valence-electron chi connectivity index (χ4n) is 1.75. The number of esters is 1. The number of ether oxygens (including phenoxy) is 3. The van der Waals surface area contributed by atoms with E-state index in [0.717, 1.165) is 5.56 Å². The molecule has 0 radical (unpaired) electrons. The Morgan fingerprint density at radius 3 is 2.40 bits per heavy atom. The average Bonchev–Trinajstić information content (AvgIpc) is 2.49. The molecule has 0 aliphatic rings. The van der Waals surface area contributed by atoms with Crippen molar-refractivity contribution in [2.24, 2.45) is 0 Å². The summed E-state index contributed by atoms with van der Waals surface area (Å²) in [5.74, 6) is 1.64. The van der Waals surface area contributed by atoms with Gasteiger partial charge in [-0.25, -0.2) is 0 Å². The molecule has 0 bridgehead atoms. The molecule has 0 heterocycles. The average molecular weight is 272 g/mol. The monoisotopic (exact) mass is 272 g/mol. The second kappa shape index (κ2) is 6.61. The molecule has 4 heteroatoms. The zero-order chi connectivity index (χ0) is 14.4. The van der Waals surface area contributed by atoms with Gasteiger partial charge in [-0.1, -0.05) is 24.3 Å². The van der Waals surface area contributed by atoms with Crippen LogP contribution in [0.4, 0.5) is 0 Å². The van der Waals surface area contributed by atoms with E-state index in [1.165, 1.54) is 7.11 Å². The highest BCUT2D eigenvalue weighted by atomic mass is 16.5. The molecule has 0 unspecified atom stereocenters. The molecule has 0 saturated carbocycles. The molecule has 0 amide bonds. The van der Waals surface area contributed by atoms with E-state index in [1.807, 2.05) is 30.3 Å². The molecule has 2 aromatic carbocycles. The van der Waals surface area contributed by atoms with E-state index >= 15 is 0 Å². The molecule has 2 aromatic rings. The topological polar surface area (TPSA) is 44.8 Å². The Bertz CT molecular complexity index is 578. The molecule has 0 aromatic heterocycles. The summed E-state index contributed by atoms with van der Waals surface area (Å²) in [4.78, 5) is 11.4. The number of para-hydroxylation sites is 1. The predicted octanol–water partition coefficient (Wildman–Crippen LogP) is 3.20. The Labute approximate surface area is 117 Å². The molecular formula is C16H16O4. The number of hydrogen-bond acceptors (Lipinski definition) is 4. The van der Waals surface area contributed by atoms with E-state index in [4.69, 9.17) is 14.2 Å². The Morgan fingerprint density at radius 2 is 1.75 bits per heavy atom. The second-order valence-corrected chi connectivity index (χ2v) is 4.14. The van der Waals surface area contributed by atoms with Crippen molar-refractivity contribution >= 4 is 5.97 Å². The summed E-state index contributed by atoms with van der Waals surface area (Å²) in [5, 5.41) is 0. The minimum atomic E-state index is -0.312. The van der Waals surface area contributed by atoms with Crippen LogP contribution in [0.5, 0.6) is 17.2 Å². The van der Waals surface area contributed by atoms with Gasteiger partial charge in [-0.3, -0.25) is 4.79 Å². The largest absolute Gasteiger partial charge is 0.497 e. The summed E-state index contributed by atoms with van der Waals surface area (Å²) < 4.78 is 15.7. The van der Waals surface area contributed by atoms with Gasteiger partial charge in [-0.2, -0.15) is 0 Å². The third-order valence-corrected chi connectivity index (χ3v) is 2.81. The fourth-order valence-corrected chi connectivity index (χ4v) is 1.75. The summed E-state index contributed by atoms with van der Waals surface area (Å²) in [5.41, 5.74) is 0.751. The van der Waals surface area contributed by atoms with Crippen LogP contribution >= 0.6 is 0 Å². The van der Waals surface area contributed by atoms with Gasteiger partial charge in [0.15, 0.2) is 0 Å². The summed E-state index contributed by atoms with van der Waals surface area (Å²) in [6, 6.07) is 14.7. The lowest BCUT2D eigenvalue weighted by Gasteiger charge is -2.12. The van der Waals surface area contributed by atoms with E-state index in [-0.39, 0.29) is 12.4 Å². The summed E-state index contributed by atoms with van der Waals surface area (Å²) in [7, 11) is 2.95. The van der Waals surface area contributed by atoms with Crippen LogP contribution in [0.15, 0.2) is 48.5 Å². The van der Waals surface area contributed by atoms with Gasteiger partial charge in [0.1, 0.15) is 17.2 Å². The normalized spacial score (nSPS) is 9.90. The van der Waals surface area contributed by atoms with Crippen molar-refractivity contribution < 1.29 is 19.0 Å². The van der Waals surface area contributed by atoms with E-state index < -0.39 is 0 Å². The summed E-state index contributed by atoms with van der Waals surface area (Å²) in [6.07, 6.45) is 0.155. The Hall–Kier alpha value is -2.49. The minimum absolute atomic E-state index is 0.155. The lowest BCUT2D eigenvalue weighted by molar-refractivity contribution is -0.139. The highest BCUT2D eigenvalue weighted by Gasteiger charge is 2.11. The van der Waals surface area contributed by atoms with Gasteiger partial charge in [-0.05, 0) is 18.2 Å². The van der Waals surface area contributed by atoms with Crippen molar-refractivity contribution in [2.75, 3.05) is 14.2 Å². The first kappa shape index (κ1) is 13.9. The van der Waals surface area contributed by atoms with E-state index in [2.05, 4.69) is 0 Å². The van der Waals surface area contributed by atoms with Gasteiger partial charge in [0.05, 0.1) is 20.6 Å². The Kier molecular flexibility index (Phi) is 4.60. The van der Waals surface area contributed by atoms with Crippen molar-refractivity contribution in [3.63, 3.8) is 0 Å². The number of carbonyl (C=O) groups is 1. The lowest BCUT2D eigenvalue weighted by atomic mass is 10.1. The van der Waals surface area contributed by atoms with Crippen LogP contribution in [0.2, 0.25) is 0 Å². The highest BCUT2D eigenvalue weighted by molar-refractivity contribution is 5.73. The maximum Gasteiger partial charge on any atom is 0.310 e. The molecular weight excluding hydrogens is 256 g/mol. The first-order chi connectivity index (χ1) is 9.72. The predicted molar refractivity (Wildman–Crippen MR) is 75.2 cm³/mol. The highest BCUT2D eigenvalue weighted by Crippen LogP contribution is 2.29. The van der Waals surface area contributed by atoms with Crippen LogP contribution in [-0.2, 0) is 16.0 Å². The van der Waals surface area contributed by atoms with Crippen molar-refractivity contribution in [2.45, 2.75) is 6.42 Å². The molecule has 0 fully saturated rings. The number of hydrogen-bond donors (Lipinski definition) is 0. The van der Waals surface area contributed by atoms with Crippen LogP contribution in [-0.4, -0.2) is 20.2 Å². The zero-order valence-electron chi connectivity index (χ0n) is 11.5. The molecule has 0 N–H and O–H groups in total. The smallest absolute Gasteiger partial charge is 0.310 e. The zero-order valence-corrected chi connectivity index (χ0v) is 11.5. The standard InChI is InChI=1S/C16H16O4/c1-18-14-9-8-12(10-16(17)19-2)15(11-14)20-13-6-4-3-5-7-13/h3-9,11H,10H2,1-2H3. The third kappa shape index (κ3) is 3.51. The number of benzene rings is 2. The molecule has 0 aliphatic heterocycles. The molecule has 0 spiro atoms. The van der Waals surface area contributed by atoms with Gasteiger partial charge in [0, 0.05) is 11.6 Å². The molecule has 104 valence electrons. The Balaban J connectivity index is 2.29. The van der Waals surface area contributed by atoms with Crippen molar-refractivity contribution in [1.29, 1.82) is 0 Å². The van der Waals surface area contributed by atoms with E-state index in [1.54, 1.807) is 25.3 Å². The Morgan fingerprint density at radius 1 is 1.00 bits per heavy atom. The molecule has 20 heavy (non-hydrogen) atoms. The molecule has 0 saturated heterocycles. The number of carbonyl (C=O) groups excluding carboxylic acids is 1. The number of methoxy groups -OCH3 is 2. The van der Waals surface area contributed by atoms with Gasteiger partial charge in [0.25, 0.3) is 0 Å².